The van der Waals surface area contributed by atoms with Crippen molar-refractivity contribution in [2.24, 2.45) is 17.6 Å². The van der Waals surface area contributed by atoms with Crippen molar-refractivity contribution in [3.8, 4) is 0 Å². The number of hydrogen-bond acceptors (Lipinski definition) is 1. The molecule has 16 heavy (non-hydrogen) atoms. The number of benzene rings is 1. The van der Waals surface area contributed by atoms with Gasteiger partial charge in [-0.2, -0.15) is 0 Å². The van der Waals surface area contributed by atoms with Gasteiger partial charge < -0.3 is 5.73 Å². The number of hydrogen-bond donors (Lipinski definition) is 1. The Labute approximate surface area is 102 Å². The van der Waals surface area contributed by atoms with Crippen LogP contribution in [0.3, 0.4) is 0 Å². The molecular formula is C13H19ClFN. The van der Waals surface area contributed by atoms with E-state index in [0.29, 0.717) is 18.4 Å². The Morgan fingerprint density at radius 2 is 2.06 bits per heavy atom. The van der Waals surface area contributed by atoms with Gasteiger partial charge in [0.1, 0.15) is 5.82 Å². The van der Waals surface area contributed by atoms with Gasteiger partial charge in [-0.05, 0) is 48.9 Å². The van der Waals surface area contributed by atoms with Crippen LogP contribution in [-0.2, 0) is 6.42 Å². The standard InChI is InChI=1S/C13H19ClFN/c1-9(2)5-11(8-16)6-10-3-4-12(14)13(15)7-10/h3-4,7,9,11H,5-6,8,16H2,1-2H3. The van der Waals surface area contributed by atoms with E-state index in [4.69, 9.17) is 17.3 Å². The van der Waals surface area contributed by atoms with Gasteiger partial charge in [-0.3, -0.25) is 0 Å². The Bertz CT molecular complexity index is 339. The van der Waals surface area contributed by atoms with Crippen LogP contribution in [0.5, 0.6) is 0 Å². The van der Waals surface area contributed by atoms with Gasteiger partial charge in [-0.1, -0.05) is 31.5 Å². The molecule has 0 heterocycles. The first-order valence-electron chi connectivity index (χ1n) is 5.67. The molecule has 1 aromatic carbocycles. The lowest BCUT2D eigenvalue weighted by Gasteiger charge is -2.17. The van der Waals surface area contributed by atoms with Crippen molar-refractivity contribution in [2.75, 3.05) is 6.54 Å². The van der Waals surface area contributed by atoms with Crippen LogP contribution >= 0.6 is 11.6 Å². The molecule has 90 valence electrons. The zero-order valence-corrected chi connectivity index (χ0v) is 10.6. The molecule has 1 nitrogen and oxygen atoms in total. The van der Waals surface area contributed by atoms with Crippen molar-refractivity contribution < 1.29 is 4.39 Å². The normalized spacial score (nSPS) is 13.1. The highest BCUT2D eigenvalue weighted by Gasteiger charge is 2.11. The van der Waals surface area contributed by atoms with Gasteiger partial charge in [0.05, 0.1) is 5.02 Å². The van der Waals surface area contributed by atoms with Gasteiger partial charge in [0, 0.05) is 0 Å². The highest BCUT2D eigenvalue weighted by atomic mass is 35.5. The van der Waals surface area contributed by atoms with E-state index >= 15 is 0 Å². The van der Waals surface area contributed by atoms with Gasteiger partial charge in [-0.25, -0.2) is 4.39 Å². The van der Waals surface area contributed by atoms with Crippen LogP contribution in [0.1, 0.15) is 25.8 Å². The highest BCUT2D eigenvalue weighted by molar-refractivity contribution is 6.30. The molecule has 0 radical (unpaired) electrons. The van der Waals surface area contributed by atoms with Crippen molar-refractivity contribution in [3.63, 3.8) is 0 Å². The minimum atomic E-state index is -0.348. The van der Waals surface area contributed by atoms with E-state index in [9.17, 15) is 4.39 Å². The molecule has 1 unspecified atom stereocenters. The molecule has 0 aliphatic carbocycles. The Kier molecular flexibility index (Phi) is 5.23. The topological polar surface area (TPSA) is 26.0 Å². The minimum Gasteiger partial charge on any atom is -0.330 e. The fourth-order valence-electron chi connectivity index (χ4n) is 1.93. The zero-order chi connectivity index (χ0) is 12.1. The summed E-state index contributed by atoms with van der Waals surface area (Å²) in [4.78, 5) is 0. The van der Waals surface area contributed by atoms with Crippen LogP contribution in [-0.4, -0.2) is 6.54 Å². The second kappa shape index (κ2) is 6.21. The Hall–Kier alpha value is -0.600. The van der Waals surface area contributed by atoms with Crippen molar-refractivity contribution in [1.29, 1.82) is 0 Å². The van der Waals surface area contributed by atoms with E-state index in [1.165, 1.54) is 6.07 Å². The van der Waals surface area contributed by atoms with Crippen molar-refractivity contribution in [3.05, 3.63) is 34.6 Å². The SMILES string of the molecule is CC(C)CC(CN)Cc1ccc(Cl)c(F)c1. The van der Waals surface area contributed by atoms with E-state index in [0.717, 1.165) is 18.4 Å². The summed E-state index contributed by atoms with van der Waals surface area (Å²) in [7, 11) is 0. The number of rotatable bonds is 5. The predicted octanol–water partition coefficient (Wildman–Crippen LogP) is 3.64. The van der Waals surface area contributed by atoms with Gasteiger partial charge in [-0.15, -0.1) is 0 Å². The van der Waals surface area contributed by atoms with Gasteiger partial charge in [0.15, 0.2) is 0 Å². The fourth-order valence-corrected chi connectivity index (χ4v) is 2.05. The van der Waals surface area contributed by atoms with Gasteiger partial charge >= 0.3 is 0 Å². The summed E-state index contributed by atoms with van der Waals surface area (Å²) in [6.07, 6.45) is 1.89. The van der Waals surface area contributed by atoms with E-state index < -0.39 is 0 Å². The monoisotopic (exact) mass is 243 g/mol. The molecule has 1 aromatic rings. The molecule has 0 aromatic heterocycles. The Balaban J connectivity index is 2.66. The number of nitrogens with two attached hydrogens (primary N) is 1. The summed E-state index contributed by atoms with van der Waals surface area (Å²) in [5, 5.41) is 0.178. The molecule has 0 saturated heterocycles. The third kappa shape index (κ3) is 4.11. The first-order chi connectivity index (χ1) is 7.52. The van der Waals surface area contributed by atoms with E-state index in [2.05, 4.69) is 13.8 Å². The van der Waals surface area contributed by atoms with Crippen LogP contribution in [0.25, 0.3) is 0 Å². The maximum absolute atomic E-state index is 13.2. The van der Waals surface area contributed by atoms with Crippen molar-refractivity contribution in [2.45, 2.75) is 26.7 Å². The predicted molar refractivity (Wildman–Crippen MR) is 67.1 cm³/mol. The molecule has 3 heteroatoms. The Morgan fingerprint density at radius 1 is 1.38 bits per heavy atom. The lowest BCUT2D eigenvalue weighted by molar-refractivity contribution is 0.414. The molecule has 0 saturated carbocycles. The van der Waals surface area contributed by atoms with Gasteiger partial charge in [0.2, 0.25) is 0 Å². The van der Waals surface area contributed by atoms with Crippen LogP contribution in [0.15, 0.2) is 18.2 Å². The summed E-state index contributed by atoms with van der Waals surface area (Å²) < 4.78 is 13.2. The smallest absolute Gasteiger partial charge is 0.142 e. The van der Waals surface area contributed by atoms with Gasteiger partial charge in [0.25, 0.3) is 0 Å². The molecular weight excluding hydrogens is 225 g/mol. The summed E-state index contributed by atoms with van der Waals surface area (Å²) in [6.45, 7) is 4.98. The summed E-state index contributed by atoms with van der Waals surface area (Å²) >= 11 is 5.64. The van der Waals surface area contributed by atoms with E-state index in [1.54, 1.807) is 6.07 Å². The van der Waals surface area contributed by atoms with E-state index in [-0.39, 0.29) is 10.8 Å². The van der Waals surface area contributed by atoms with Crippen LogP contribution in [0.4, 0.5) is 4.39 Å². The van der Waals surface area contributed by atoms with Crippen LogP contribution in [0.2, 0.25) is 5.02 Å². The minimum absolute atomic E-state index is 0.178. The number of halogens is 2. The quantitative estimate of drug-likeness (QED) is 0.840. The van der Waals surface area contributed by atoms with Crippen molar-refractivity contribution >= 4 is 11.6 Å². The average Bonchev–Trinajstić information content (AvgIpc) is 2.22. The summed E-state index contributed by atoms with van der Waals surface area (Å²) in [5.74, 6) is 0.686. The maximum atomic E-state index is 13.2. The molecule has 2 N–H and O–H groups in total. The maximum Gasteiger partial charge on any atom is 0.142 e. The second-order valence-electron chi connectivity index (χ2n) is 4.68. The third-order valence-electron chi connectivity index (χ3n) is 2.65. The lowest BCUT2D eigenvalue weighted by atomic mass is 9.91. The second-order valence-corrected chi connectivity index (χ2v) is 5.09. The van der Waals surface area contributed by atoms with E-state index in [1.807, 2.05) is 6.07 Å². The van der Waals surface area contributed by atoms with Crippen molar-refractivity contribution in [1.82, 2.24) is 0 Å². The molecule has 0 aliphatic heterocycles. The molecule has 0 aliphatic rings. The molecule has 0 fully saturated rings. The first kappa shape index (κ1) is 13.5. The Morgan fingerprint density at radius 3 is 2.56 bits per heavy atom. The molecule has 0 spiro atoms. The van der Waals surface area contributed by atoms with Crippen LogP contribution in [0, 0.1) is 17.7 Å². The third-order valence-corrected chi connectivity index (χ3v) is 2.95. The molecule has 0 amide bonds. The highest BCUT2D eigenvalue weighted by Crippen LogP contribution is 2.20. The molecule has 1 atom stereocenters. The fraction of sp³-hybridized carbons (Fsp3) is 0.538. The lowest BCUT2D eigenvalue weighted by Crippen LogP contribution is -2.18. The first-order valence-corrected chi connectivity index (χ1v) is 6.04. The summed E-state index contributed by atoms with van der Waals surface area (Å²) in [5.41, 5.74) is 6.69. The molecule has 0 bridgehead atoms. The largest absolute Gasteiger partial charge is 0.330 e. The van der Waals surface area contributed by atoms with Crippen LogP contribution < -0.4 is 5.73 Å². The average molecular weight is 244 g/mol. The summed E-state index contributed by atoms with van der Waals surface area (Å²) in [6, 6.07) is 4.98. The molecule has 1 rings (SSSR count). The zero-order valence-electron chi connectivity index (χ0n) is 9.84.